The maximum atomic E-state index is 12.1. The molecule has 0 saturated heterocycles. The van der Waals surface area contributed by atoms with Crippen molar-refractivity contribution in [2.24, 2.45) is 0 Å². The van der Waals surface area contributed by atoms with Crippen molar-refractivity contribution < 1.29 is 14.7 Å². The molecule has 2 heterocycles. The van der Waals surface area contributed by atoms with Crippen molar-refractivity contribution in [3.05, 3.63) is 48.7 Å². The van der Waals surface area contributed by atoms with E-state index < -0.39 is 5.97 Å². The van der Waals surface area contributed by atoms with Gasteiger partial charge in [0.15, 0.2) is 0 Å². The number of hydrogen-bond donors (Lipinski definition) is 2. The van der Waals surface area contributed by atoms with E-state index in [1.165, 1.54) is 0 Å². The predicted octanol–water partition coefficient (Wildman–Crippen LogP) is 3.01. The van der Waals surface area contributed by atoms with Crippen LogP contribution in [0.15, 0.2) is 28.7 Å². The second-order valence-electron chi connectivity index (χ2n) is 4.63. The normalized spacial score (nSPS) is 15.1. The van der Waals surface area contributed by atoms with Crippen LogP contribution in [0.4, 0.5) is 5.69 Å². The van der Waals surface area contributed by atoms with Crippen molar-refractivity contribution in [1.82, 2.24) is 0 Å². The molecule has 1 aromatic carbocycles. The van der Waals surface area contributed by atoms with E-state index in [9.17, 15) is 9.59 Å². The molecule has 1 aromatic heterocycles. The molecule has 0 spiro atoms. The van der Waals surface area contributed by atoms with Gasteiger partial charge in [0.05, 0.1) is 0 Å². The summed E-state index contributed by atoms with van der Waals surface area (Å²) in [7, 11) is 0. The average molecular weight is 411 g/mol. The van der Waals surface area contributed by atoms with Crippen LogP contribution in [-0.2, 0) is 4.79 Å². The van der Waals surface area contributed by atoms with Gasteiger partial charge in [-0.15, -0.1) is 0 Å². The molecule has 0 radical (unpaired) electrons. The van der Waals surface area contributed by atoms with Crippen molar-refractivity contribution in [3.8, 4) is 0 Å². The summed E-state index contributed by atoms with van der Waals surface area (Å²) in [5, 5.41) is 11.9. The van der Waals surface area contributed by atoms with Gasteiger partial charge in [0, 0.05) is 0 Å². The Labute approximate surface area is 135 Å². The number of carbonyl (C=O) groups is 2. The molecule has 2 N–H and O–H groups in total. The number of anilines is 1. The molecular formula is C15H10BrNO3Se. The van der Waals surface area contributed by atoms with Crippen molar-refractivity contribution in [1.29, 1.82) is 0 Å². The summed E-state index contributed by atoms with van der Waals surface area (Å²) in [4.78, 5) is 23.2. The van der Waals surface area contributed by atoms with Crippen molar-refractivity contribution in [2.45, 2.75) is 6.92 Å². The first kappa shape index (κ1) is 14.3. The third kappa shape index (κ3) is 2.62. The number of carbonyl (C=O) groups excluding carboxylic acids is 1. The molecule has 1 amide bonds. The summed E-state index contributed by atoms with van der Waals surface area (Å²) < 4.78 is 2.67. The van der Waals surface area contributed by atoms with E-state index in [2.05, 4.69) is 21.2 Å². The molecule has 0 bridgehead atoms. The average Bonchev–Trinajstić information content (AvgIpc) is 2.91. The molecule has 0 atom stereocenters. The number of aryl methyl sites for hydroxylation is 1. The van der Waals surface area contributed by atoms with Crippen LogP contribution in [0.2, 0.25) is 0 Å². The fourth-order valence-corrected chi connectivity index (χ4v) is 4.62. The predicted molar refractivity (Wildman–Crippen MR) is 85.7 cm³/mol. The molecule has 6 heteroatoms. The van der Waals surface area contributed by atoms with Crippen LogP contribution in [0.3, 0.4) is 0 Å². The first-order valence-electron chi connectivity index (χ1n) is 6.12. The first-order valence-corrected chi connectivity index (χ1v) is 8.63. The number of hydrogen-bond acceptors (Lipinski definition) is 2. The van der Waals surface area contributed by atoms with Crippen LogP contribution in [-0.4, -0.2) is 31.5 Å². The number of carboxylic acids is 1. The van der Waals surface area contributed by atoms with Crippen molar-refractivity contribution in [3.63, 3.8) is 0 Å². The summed E-state index contributed by atoms with van der Waals surface area (Å²) in [6.45, 7) is 1.82. The standard InChI is InChI=1S/C15H10BrNO3Se/c1-7-11(15(19)20)5-9(21-7)6-12-10-3-2-8(16)4-13(10)17-14(12)18/h2-6H,1H3,(H,17,18)(H,19,20)/b12-6-. The molecule has 106 valence electrons. The third-order valence-electron chi connectivity index (χ3n) is 3.22. The molecular weight excluding hydrogens is 401 g/mol. The fourth-order valence-electron chi connectivity index (χ4n) is 2.24. The Morgan fingerprint density at radius 2 is 2.14 bits per heavy atom. The third-order valence-corrected chi connectivity index (χ3v) is 5.80. The molecule has 2 aromatic rings. The van der Waals surface area contributed by atoms with Gasteiger partial charge < -0.3 is 0 Å². The van der Waals surface area contributed by atoms with E-state index >= 15 is 0 Å². The molecule has 21 heavy (non-hydrogen) atoms. The van der Waals surface area contributed by atoms with Gasteiger partial charge in [-0.25, -0.2) is 0 Å². The molecule has 1 aliphatic heterocycles. The zero-order chi connectivity index (χ0) is 15.1. The van der Waals surface area contributed by atoms with Gasteiger partial charge in [-0.1, -0.05) is 0 Å². The van der Waals surface area contributed by atoms with E-state index in [1.807, 2.05) is 25.1 Å². The van der Waals surface area contributed by atoms with E-state index in [-0.39, 0.29) is 20.4 Å². The van der Waals surface area contributed by atoms with Crippen molar-refractivity contribution in [2.75, 3.05) is 5.32 Å². The second-order valence-corrected chi connectivity index (χ2v) is 8.24. The number of aromatic carboxylic acids is 1. The number of nitrogens with one attached hydrogen (secondary N) is 1. The summed E-state index contributed by atoms with van der Waals surface area (Å²) in [6, 6.07) is 7.28. The van der Waals surface area contributed by atoms with E-state index in [4.69, 9.17) is 5.11 Å². The first-order chi connectivity index (χ1) is 9.95. The van der Waals surface area contributed by atoms with Crippen LogP contribution in [0.25, 0.3) is 11.6 Å². The Morgan fingerprint density at radius 3 is 2.81 bits per heavy atom. The molecule has 1 aliphatic rings. The summed E-state index contributed by atoms with van der Waals surface area (Å²) in [5.74, 6) is -1.07. The van der Waals surface area contributed by atoms with Gasteiger partial charge in [-0.2, -0.15) is 0 Å². The van der Waals surface area contributed by atoms with Crippen LogP contribution in [0.5, 0.6) is 0 Å². The van der Waals surface area contributed by atoms with Gasteiger partial charge in [-0.3, -0.25) is 0 Å². The fraction of sp³-hybridized carbons (Fsp3) is 0.0667. The van der Waals surface area contributed by atoms with Gasteiger partial charge in [0.25, 0.3) is 0 Å². The molecule has 0 saturated carbocycles. The van der Waals surface area contributed by atoms with Gasteiger partial charge in [0.2, 0.25) is 0 Å². The molecule has 3 rings (SSSR count). The Hall–Kier alpha value is -1.62. The second kappa shape index (κ2) is 5.30. The number of fused-ring (bicyclic) bond motifs is 1. The van der Waals surface area contributed by atoms with E-state index in [0.717, 1.165) is 24.6 Å². The van der Waals surface area contributed by atoms with E-state index in [1.54, 1.807) is 12.1 Å². The minimum absolute atomic E-state index is 0.0425. The molecule has 0 unspecified atom stereocenters. The molecule has 0 aliphatic carbocycles. The zero-order valence-corrected chi connectivity index (χ0v) is 14.2. The minimum atomic E-state index is -0.914. The monoisotopic (exact) mass is 411 g/mol. The molecule has 4 nitrogen and oxygen atoms in total. The summed E-state index contributed by atoms with van der Waals surface area (Å²) in [5.41, 5.74) is 2.55. The van der Waals surface area contributed by atoms with Gasteiger partial charge in [0.1, 0.15) is 0 Å². The van der Waals surface area contributed by atoms with Crippen LogP contribution >= 0.6 is 15.9 Å². The Kier molecular flexibility index (Phi) is 3.61. The van der Waals surface area contributed by atoms with Crippen LogP contribution in [0.1, 0.15) is 24.8 Å². The van der Waals surface area contributed by atoms with E-state index in [0.29, 0.717) is 11.1 Å². The Balaban J connectivity index is 2.07. The summed E-state index contributed by atoms with van der Waals surface area (Å²) >= 11 is 3.33. The van der Waals surface area contributed by atoms with Crippen LogP contribution < -0.4 is 5.32 Å². The number of benzene rings is 1. The Morgan fingerprint density at radius 1 is 1.38 bits per heavy atom. The number of amides is 1. The molecule has 0 fully saturated rings. The SMILES string of the molecule is Cc1[se]c(/C=C2\C(=O)Nc3cc(Br)ccc32)cc1C(=O)O. The van der Waals surface area contributed by atoms with Crippen LogP contribution in [0, 0.1) is 6.92 Å². The Bertz CT molecular complexity index is 807. The maximum absolute atomic E-state index is 12.1. The number of rotatable bonds is 2. The number of halogens is 1. The number of carboxylic acid groups (broad SMARTS) is 1. The topological polar surface area (TPSA) is 66.4 Å². The van der Waals surface area contributed by atoms with Gasteiger partial charge >= 0.3 is 135 Å². The van der Waals surface area contributed by atoms with Gasteiger partial charge in [-0.05, 0) is 0 Å². The van der Waals surface area contributed by atoms with Crippen molar-refractivity contribution >= 4 is 59.6 Å². The quantitative estimate of drug-likeness (QED) is 0.590. The summed E-state index contributed by atoms with van der Waals surface area (Å²) in [6.07, 6.45) is 1.80. The zero-order valence-electron chi connectivity index (χ0n) is 10.9.